The second-order valence-corrected chi connectivity index (χ2v) is 12.5. The lowest BCUT2D eigenvalue weighted by atomic mass is 10.0. The maximum Gasteiger partial charge on any atom is 0.322 e. The number of ether oxygens (including phenoxy) is 1. The topological polar surface area (TPSA) is 92.7 Å². The lowest BCUT2D eigenvalue weighted by molar-refractivity contribution is -0.147. The molecule has 0 aliphatic carbocycles. The first-order valence-corrected chi connectivity index (χ1v) is 18.9. The van der Waals surface area contributed by atoms with E-state index in [2.05, 4.69) is 67.8 Å². The predicted octanol–water partition coefficient (Wildman–Crippen LogP) is 11.3. The van der Waals surface area contributed by atoms with Crippen LogP contribution in [0.3, 0.4) is 0 Å². The molecular weight excluding hydrogens is 586 g/mol. The average molecular weight is 656 g/mol. The van der Waals surface area contributed by atoms with Crippen molar-refractivity contribution in [3.8, 4) is 0 Å². The summed E-state index contributed by atoms with van der Waals surface area (Å²) >= 11 is 0. The number of amides is 1. The molecule has 0 radical (unpaired) electrons. The van der Waals surface area contributed by atoms with Crippen LogP contribution >= 0.6 is 0 Å². The molecule has 1 unspecified atom stereocenters. The molecule has 6 heteroatoms. The van der Waals surface area contributed by atoms with Crippen LogP contribution in [0.1, 0.15) is 168 Å². The Labute approximate surface area is 288 Å². The molecule has 0 aromatic carbocycles. The molecule has 0 fully saturated rings. The molecule has 0 rings (SSSR count). The first-order valence-electron chi connectivity index (χ1n) is 18.9. The zero-order valence-electron chi connectivity index (χ0n) is 30.1. The molecule has 0 aromatic rings. The van der Waals surface area contributed by atoms with Crippen molar-refractivity contribution in [2.75, 3.05) is 6.54 Å². The molecule has 47 heavy (non-hydrogen) atoms. The third kappa shape index (κ3) is 35.8. The number of carboxylic acids is 1. The Hall–Kier alpha value is -2.89. The maximum atomic E-state index is 12.6. The second kappa shape index (κ2) is 36.0. The monoisotopic (exact) mass is 656 g/mol. The minimum atomic E-state index is -1.05. The summed E-state index contributed by atoms with van der Waals surface area (Å²) in [6.45, 7) is 4.04. The van der Waals surface area contributed by atoms with Crippen LogP contribution in [0.5, 0.6) is 0 Å². The van der Waals surface area contributed by atoms with Crippen LogP contribution in [0.4, 0.5) is 0 Å². The van der Waals surface area contributed by atoms with Gasteiger partial charge in [0.05, 0.1) is 0 Å². The van der Waals surface area contributed by atoms with Gasteiger partial charge in [0.15, 0.2) is 0 Å². The molecule has 0 saturated carbocycles. The van der Waals surface area contributed by atoms with Gasteiger partial charge in [-0.2, -0.15) is 0 Å². The third-order valence-corrected chi connectivity index (χ3v) is 7.94. The smallest absolute Gasteiger partial charge is 0.322 e. The van der Waals surface area contributed by atoms with E-state index in [9.17, 15) is 14.4 Å². The van der Waals surface area contributed by atoms with E-state index in [0.29, 0.717) is 25.7 Å². The van der Waals surface area contributed by atoms with Gasteiger partial charge in [-0.1, -0.05) is 152 Å². The van der Waals surface area contributed by atoms with Gasteiger partial charge < -0.3 is 15.2 Å². The van der Waals surface area contributed by atoms with Crippen LogP contribution < -0.4 is 5.32 Å². The molecular formula is C41H69NO5. The fraction of sp³-hybridized carbons (Fsp3) is 0.683. The summed E-state index contributed by atoms with van der Waals surface area (Å²) in [7, 11) is 0. The van der Waals surface area contributed by atoms with Crippen molar-refractivity contribution < 1.29 is 24.2 Å². The number of allylic oxidation sites excluding steroid dienone is 9. The van der Waals surface area contributed by atoms with Crippen LogP contribution in [-0.2, 0) is 19.1 Å². The molecule has 0 aliphatic rings. The summed E-state index contributed by atoms with van der Waals surface area (Å²) in [6, 6.07) is 0. The third-order valence-electron chi connectivity index (χ3n) is 7.94. The Morgan fingerprint density at radius 3 is 1.51 bits per heavy atom. The first kappa shape index (κ1) is 44.1. The van der Waals surface area contributed by atoms with Gasteiger partial charge in [0.1, 0.15) is 12.6 Å². The molecule has 0 spiro atoms. The Bertz CT molecular complexity index is 902. The molecule has 0 heterocycles. The highest BCUT2D eigenvalue weighted by atomic mass is 16.5. The normalized spacial score (nSPS) is 12.7. The number of unbranched alkanes of at least 4 members (excludes halogenated alkanes) is 14. The molecule has 0 saturated heterocycles. The van der Waals surface area contributed by atoms with Gasteiger partial charge in [0, 0.05) is 12.8 Å². The molecule has 268 valence electrons. The average Bonchev–Trinajstić information content (AvgIpc) is 3.05. The highest BCUT2D eigenvalue weighted by Crippen LogP contribution is 2.15. The first-order chi connectivity index (χ1) is 23.0. The quantitative estimate of drug-likeness (QED) is 0.0417. The van der Waals surface area contributed by atoms with E-state index in [1.54, 1.807) is 0 Å². The number of rotatable bonds is 33. The van der Waals surface area contributed by atoms with Gasteiger partial charge in [0.25, 0.3) is 0 Å². The fourth-order valence-corrected chi connectivity index (χ4v) is 5.16. The minimum Gasteiger partial charge on any atom is -0.480 e. The standard InChI is InChI=1S/C41H69NO5/c1-3-5-7-9-11-13-15-17-19-21-23-25-27-29-33-38(34-31-32-35-39(43)42-37-40(44)45)47-41(46)36-30-28-26-24-22-20-18-16-14-12-10-8-6-4-2/h5,7,11,13,17,19,23,25,29,33,38H,3-4,6,8-10,12,14-16,18,20-22,24,26-28,30-32,34-37H2,1-2H3,(H,42,43)(H,44,45)/b7-5-,13-11-,19-17-,25-23-,33-29-. The second-order valence-electron chi connectivity index (χ2n) is 12.5. The van der Waals surface area contributed by atoms with Gasteiger partial charge in [-0.3, -0.25) is 14.4 Å². The zero-order valence-corrected chi connectivity index (χ0v) is 30.1. The van der Waals surface area contributed by atoms with Crippen LogP contribution in [0.15, 0.2) is 60.8 Å². The van der Waals surface area contributed by atoms with Crippen molar-refractivity contribution in [1.29, 1.82) is 0 Å². The largest absolute Gasteiger partial charge is 0.480 e. The molecule has 1 amide bonds. The van der Waals surface area contributed by atoms with Crippen molar-refractivity contribution >= 4 is 17.8 Å². The number of carbonyl (C=O) groups is 3. The van der Waals surface area contributed by atoms with Gasteiger partial charge in [-0.25, -0.2) is 0 Å². The number of carboxylic acid groups (broad SMARTS) is 1. The van der Waals surface area contributed by atoms with Gasteiger partial charge in [-0.05, 0) is 63.9 Å². The minimum absolute atomic E-state index is 0.158. The van der Waals surface area contributed by atoms with Crippen LogP contribution in [0.25, 0.3) is 0 Å². The van der Waals surface area contributed by atoms with Crippen LogP contribution in [-0.4, -0.2) is 35.6 Å². The number of esters is 1. The van der Waals surface area contributed by atoms with Crippen molar-refractivity contribution in [1.82, 2.24) is 5.32 Å². The molecule has 6 nitrogen and oxygen atoms in total. The van der Waals surface area contributed by atoms with Gasteiger partial charge >= 0.3 is 11.9 Å². The highest BCUT2D eigenvalue weighted by Gasteiger charge is 2.12. The number of nitrogens with one attached hydrogen (secondary N) is 1. The molecule has 0 aliphatic heterocycles. The fourth-order valence-electron chi connectivity index (χ4n) is 5.16. The van der Waals surface area contributed by atoms with Crippen molar-refractivity contribution in [2.24, 2.45) is 0 Å². The lowest BCUT2D eigenvalue weighted by Crippen LogP contribution is -2.28. The number of aliphatic carboxylic acids is 1. The summed E-state index contributed by atoms with van der Waals surface area (Å²) in [6.07, 6.45) is 46.3. The summed E-state index contributed by atoms with van der Waals surface area (Å²) < 4.78 is 5.81. The van der Waals surface area contributed by atoms with E-state index >= 15 is 0 Å². The maximum absolute atomic E-state index is 12.6. The van der Waals surface area contributed by atoms with Crippen molar-refractivity contribution in [3.05, 3.63) is 60.8 Å². The Morgan fingerprint density at radius 2 is 1.02 bits per heavy atom. The summed E-state index contributed by atoms with van der Waals surface area (Å²) in [5.41, 5.74) is 0. The van der Waals surface area contributed by atoms with Gasteiger partial charge in [-0.15, -0.1) is 0 Å². The summed E-state index contributed by atoms with van der Waals surface area (Å²) in [4.78, 5) is 35.0. The van der Waals surface area contributed by atoms with Crippen LogP contribution in [0, 0.1) is 0 Å². The van der Waals surface area contributed by atoms with E-state index < -0.39 is 5.97 Å². The zero-order chi connectivity index (χ0) is 34.5. The molecule has 2 N–H and O–H groups in total. The van der Waals surface area contributed by atoms with E-state index in [0.717, 1.165) is 44.9 Å². The lowest BCUT2D eigenvalue weighted by Gasteiger charge is -2.14. The Morgan fingerprint density at radius 1 is 0.574 bits per heavy atom. The van der Waals surface area contributed by atoms with Gasteiger partial charge in [0.2, 0.25) is 5.91 Å². The van der Waals surface area contributed by atoms with E-state index in [1.807, 2.05) is 12.2 Å². The SMILES string of the molecule is CC/C=C\C/C=C\C/C=C\C/C=C\C/C=C\C(CCCCC(=O)NCC(=O)O)OC(=O)CCCCCCCCCCCCCCCC. The number of hydrogen-bond donors (Lipinski definition) is 2. The van der Waals surface area contributed by atoms with E-state index in [1.165, 1.54) is 77.0 Å². The molecule has 0 bridgehead atoms. The Balaban J connectivity index is 4.34. The van der Waals surface area contributed by atoms with Crippen LogP contribution in [0.2, 0.25) is 0 Å². The van der Waals surface area contributed by atoms with E-state index in [-0.39, 0.29) is 30.9 Å². The van der Waals surface area contributed by atoms with E-state index in [4.69, 9.17) is 9.84 Å². The number of carbonyl (C=O) groups excluding carboxylic acids is 2. The van der Waals surface area contributed by atoms with Crippen molar-refractivity contribution in [2.45, 2.75) is 174 Å². The predicted molar refractivity (Wildman–Crippen MR) is 198 cm³/mol. The summed E-state index contributed by atoms with van der Waals surface area (Å²) in [5, 5.41) is 11.1. The molecule has 0 aromatic heterocycles. The Kier molecular flexibility index (Phi) is 33.7. The number of hydrogen-bond acceptors (Lipinski definition) is 4. The summed E-state index contributed by atoms with van der Waals surface area (Å²) in [5.74, 6) is -1.48. The highest BCUT2D eigenvalue weighted by molar-refractivity contribution is 5.80. The molecule has 1 atom stereocenters. The van der Waals surface area contributed by atoms with Crippen molar-refractivity contribution in [3.63, 3.8) is 0 Å².